The molecule has 0 aliphatic heterocycles. The van der Waals surface area contributed by atoms with Gasteiger partial charge in [-0.2, -0.15) is 5.10 Å². The second-order valence-corrected chi connectivity index (χ2v) is 4.53. The summed E-state index contributed by atoms with van der Waals surface area (Å²) in [5.41, 5.74) is 1.26. The molecule has 0 atom stereocenters. The van der Waals surface area contributed by atoms with Crippen LogP contribution in [0.2, 0.25) is 0 Å². The molecule has 2 N–H and O–H groups in total. The van der Waals surface area contributed by atoms with E-state index < -0.39 is 0 Å². The second kappa shape index (κ2) is 5.91. The molecule has 1 aromatic heterocycles. The van der Waals surface area contributed by atoms with Crippen LogP contribution in [0.5, 0.6) is 0 Å². The smallest absolute Gasteiger partial charge is 0.0532 e. The molecule has 1 fully saturated rings. The fourth-order valence-electron chi connectivity index (χ4n) is 2.30. The molecule has 0 aromatic carbocycles. The second-order valence-electron chi connectivity index (χ2n) is 4.53. The van der Waals surface area contributed by atoms with Gasteiger partial charge in [0.05, 0.1) is 6.20 Å². The van der Waals surface area contributed by atoms with Crippen molar-refractivity contribution in [3.63, 3.8) is 0 Å². The van der Waals surface area contributed by atoms with Gasteiger partial charge in [-0.25, -0.2) is 0 Å². The van der Waals surface area contributed by atoms with E-state index in [2.05, 4.69) is 15.5 Å². The largest absolute Gasteiger partial charge is 0.310 e. The molecular formula is C12H21N3. The minimum Gasteiger partial charge on any atom is -0.310 e. The number of hydrogen-bond donors (Lipinski definition) is 2. The Kier molecular flexibility index (Phi) is 4.21. The lowest BCUT2D eigenvalue weighted by molar-refractivity contribution is 0.389. The van der Waals surface area contributed by atoms with Crippen LogP contribution in [0.25, 0.3) is 0 Å². The lowest BCUT2D eigenvalue weighted by atomic mass is 9.97. The Balaban J connectivity index is 1.72. The van der Waals surface area contributed by atoms with E-state index in [1.165, 1.54) is 50.5 Å². The fraction of sp³-hybridized carbons (Fsp3) is 0.750. The highest BCUT2D eigenvalue weighted by Gasteiger charge is 2.10. The Labute approximate surface area is 91.7 Å². The van der Waals surface area contributed by atoms with Crippen LogP contribution in [0.15, 0.2) is 12.4 Å². The highest BCUT2D eigenvalue weighted by Crippen LogP contribution is 2.17. The van der Waals surface area contributed by atoms with Crippen molar-refractivity contribution < 1.29 is 0 Å². The quantitative estimate of drug-likeness (QED) is 0.800. The number of hydrogen-bond acceptors (Lipinski definition) is 2. The van der Waals surface area contributed by atoms with Crippen LogP contribution in [0.3, 0.4) is 0 Å². The van der Waals surface area contributed by atoms with Crippen molar-refractivity contribution in [2.45, 2.75) is 57.5 Å². The molecule has 3 heteroatoms. The summed E-state index contributed by atoms with van der Waals surface area (Å²) in [5, 5.41) is 10.4. The number of nitrogens with zero attached hydrogens (tertiary/aromatic N) is 1. The molecule has 1 saturated carbocycles. The maximum absolute atomic E-state index is 3.95. The van der Waals surface area contributed by atoms with Crippen molar-refractivity contribution in [3.8, 4) is 0 Å². The Bertz CT molecular complexity index is 248. The Hall–Kier alpha value is -0.830. The van der Waals surface area contributed by atoms with Crippen molar-refractivity contribution in [1.82, 2.24) is 15.5 Å². The van der Waals surface area contributed by atoms with Gasteiger partial charge in [-0.1, -0.05) is 32.1 Å². The molecule has 1 aliphatic rings. The normalized spacial score (nSPS) is 19.7. The van der Waals surface area contributed by atoms with E-state index in [1.54, 1.807) is 0 Å². The zero-order valence-corrected chi connectivity index (χ0v) is 9.34. The third kappa shape index (κ3) is 3.67. The van der Waals surface area contributed by atoms with Gasteiger partial charge in [0.25, 0.3) is 0 Å². The van der Waals surface area contributed by atoms with Gasteiger partial charge >= 0.3 is 0 Å². The maximum atomic E-state index is 3.95. The molecule has 0 bridgehead atoms. The van der Waals surface area contributed by atoms with E-state index in [0.717, 1.165) is 12.6 Å². The molecule has 3 nitrogen and oxygen atoms in total. The number of rotatable bonds is 3. The topological polar surface area (TPSA) is 40.7 Å². The molecule has 15 heavy (non-hydrogen) atoms. The Morgan fingerprint density at radius 1 is 1.20 bits per heavy atom. The summed E-state index contributed by atoms with van der Waals surface area (Å²) in [5.74, 6) is 0. The van der Waals surface area contributed by atoms with Gasteiger partial charge in [0.2, 0.25) is 0 Å². The van der Waals surface area contributed by atoms with E-state index in [0.29, 0.717) is 0 Å². The molecule has 0 saturated heterocycles. The molecule has 1 heterocycles. The molecule has 0 radical (unpaired) electrons. The zero-order chi connectivity index (χ0) is 10.3. The fourth-order valence-corrected chi connectivity index (χ4v) is 2.30. The van der Waals surface area contributed by atoms with E-state index >= 15 is 0 Å². The van der Waals surface area contributed by atoms with Gasteiger partial charge in [-0.15, -0.1) is 0 Å². The predicted octanol–water partition coefficient (Wildman–Crippen LogP) is 2.61. The number of H-pyrrole nitrogens is 1. The first kappa shape index (κ1) is 10.7. The number of aromatic amines is 1. The van der Waals surface area contributed by atoms with Crippen LogP contribution in [-0.4, -0.2) is 16.2 Å². The van der Waals surface area contributed by atoms with Gasteiger partial charge in [0.1, 0.15) is 0 Å². The average molecular weight is 207 g/mol. The van der Waals surface area contributed by atoms with Gasteiger partial charge in [0.15, 0.2) is 0 Å². The molecular weight excluding hydrogens is 186 g/mol. The summed E-state index contributed by atoms with van der Waals surface area (Å²) in [6.45, 7) is 0.959. The summed E-state index contributed by atoms with van der Waals surface area (Å²) in [7, 11) is 0. The van der Waals surface area contributed by atoms with Gasteiger partial charge < -0.3 is 5.32 Å². The zero-order valence-electron chi connectivity index (χ0n) is 9.34. The molecule has 0 amide bonds. The van der Waals surface area contributed by atoms with Crippen molar-refractivity contribution >= 4 is 0 Å². The Morgan fingerprint density at radius 2 is 1.93 bits per heavy atom. The van der Waals surface area contributed by atoms with E-state index in [-0.39, 0.29) is 0 Å². The molecule has 1 aromatic rings. The summed E-state index contributed by atoms with van der Waals surface area (Å²) >= 11 is 0. The van der Waals surface area contributed by atoms with Gasteiger partial charge in [-0.3, -0.25) is 5.10 Å². The Morgan fingerprint density at radius 3 is 2.60 bits per heavy atom. The summed E-state index contributed by atoms with van der Waals surface area (Å²) in [6.07, 6.45) is 13.6. The number of aromatic nitrogens is 2. The SMILES string of the molecule is c1n[nH]cc1CNC1CCCCCCC1. The molecule has 2 rings (SSSR count). The van der Waals surface area contributed by atoms with Crippen LogP contribution in [0, 0.1) is 0 Å². The van der Waals surface area contributed by atoms with Gasteiger partial charge in [-0.05, 0) is 12.8 Å². The first-order valence-corrected chi connectivity index (χ1v) is 6.16. The van der Waals surface area contributed by atoms with Crippen LogP contribution in [-0.2, 0) is 6.54 Å². The lowest BCUT2D eigenvalue weighted by Crippen LogP contribution is -2.29. The first-order valence-electron chi connectivity index (χ1n) is 6.16. The minimum absolute atomic E-state index is 0.722. The summed E-state index contributed by atoms with van der Waals surface area (Å²) in [4.78, 5) is 0. The van der Waals surface area contributed by atoms with Crippen LogP contribution < -0.4 is 5.32 Å². The number of nitrogens with one attached hydrogen (secondary N) is 2. The molecule has 84 valence electrons. The first-order chi connectivity index (χ1) is 7.45. The molecule has 1 aliphatic carbocycles. The minimum atomic E-state index is 0.722. The van der Waals surface area contributed by atoms with E-state index in [9.17, 15) is 0 Å². The average Bonchev–Trinajstić information content (AvgIpc) is 2.68. The lowest BCUT2D eigenvalue weighted by Gasteiger charge is -2.20. The molecule has 0 spiro atoms. The predicted molar refractivity (Wildman–Crippen MR) is 61.5 cm³/mol. The maximum Gasteiger partial charge on any atom is 0.0532 e. The van der Waals surface area contributed by atoms with Crippen molar-refractivity contribution in [2.75, 3.05) is 0 Å². The van der Waals surface area contributed by atoms with E-state index in [4.69, 9.17) is 0 Å². The third-order valence-corrected chi connectivity index (χ3v) is 3.25. The van der Waals surface area contributed by atoms with Crippen molar-refractivity contribution in [2.24, 2.45) is 0 Å². The highest BCUT2D eigenvalue weighted by molar-refractivity contribution is 5.01. The van der Waals surface area contributed by atoms with Crippen LogP contribution >= 0.6 is 0 Å². The van der Waals surface area contributed by atoms with E-state index in [1.807, 2.05) is 12.4 Å². The van der Waals surface area contributed by atoms with Crippen molar-refractivity contribution in [3.05, 3.63) is 18.0 Å². The standard InChI is InChI=1S/C12H21N3/c1-2-4-6-12(7-5-3-1)13-8-11-9-14-15-10-11/h9-10,12-13H,1-8H2,(H,14,15). The monoisotopic (exact) mass is 207 g/mol. The highest BCUT2D eigenvalue weighted by atomic mass is 15.1. The molecule has 0 unspecified atom stereocenters. The third-order valence-electron chi connectivity index (χ3n) is 3.25. The van der Waals surface area contributed by atoms with Crippen molar-refractivity contribution in [1.29, 1.82) is 0 Å². The van der Waals surface area contributed by atoms with Crippen LogP contribution in [0.4, 0.5) is 0 Å². The van der Waals surface area contributed by atoms with Crippen LogP contribution in [0.1, 0.15) is 50.5 Å². The van der Waals surface area contributed by atoms with Gasteiger partial charge in [0, 0.05) is 24.3 Å². The summed E-state index contributed by atoms with van der Waals surface area (Å²) < 4.78 is 0. The summed E-state index contributed by atoms with van der Waals surface area (Å²) in [6, 6.07) is 0.722.